The maximum absolute atomic E-state index is 3.63. The molecule has 3 atom stereocenters. The van der Waals surface area contributed by atoms with E-state index in [0.29, 0.717) is 0 Å². The fourth-order valence-electron chi connectivity index (χ4n) is 4.10. The minimum atomic E-state index is 0.958. The molecular formula is C13H22BrN. The van der Waals surface area contributed by atoms with Gasteiger partial charge in [-0.05, 0) is 62.9 Å². The lowest BCUT2D eigenvalue weighted by molar-refractivity contribution is 0.102. The zero-order valence-electron chi connectivity index (χ0n) is 9.50. The summed E-state index contributed by atoms with van der Waals surface area (Å²) in [6, 6.07) is 0.986. The molecule has 86 valence electrons. The van der Waals surface area contributed by atoms with Crippen molar-refractivity contribution in [2.45, 2.75) is 44.6 Å². The average molecular weight is 272 g/mol. The summed E-state index contributed by atoms with van der Waals surface area (Å²) in [5.74, 6) is 3.14. The minimum Gasteiger partial charge on any atom is -0.300 e. The fourth-order valence-corrected chi connectivity index (χ4v) is 4.74. The summed E-state index contributed by atoms with van der Waals surface area (Å²) >= 11 is 3.63. The maximum Gasteiger partial charge on any atom is 0.0126 e. The van der Waals surface area contributed by atoms with Crippen LogP contribution in [0.2, 0.25) is 0 Å². The lowest BCUT2D eigenvalue weighted by Gasteiger charge is -2.39. The van der Waals surface area contributed by atoms with Gasteiger partial charge in [0.25, 0.3) is 0 Å². The van der Waals surface area contributed by atoms with Crippen molar-refractivity contribution in [2.24, 2.45) is 17.8 Å². The molecular weight excluding hydrogens is 250 g/mol. The van der Waals surface area contributed by atoms with Crippen LogP contribution in [0.1, 0.15) is 38.5 Å². The molecule has 1 nitrogen and oxygen atoms in total. The van der Waals surface area contributed by atoms with Gasteiger partial charge in [0.2, 0.25) is 0 Å². The number of alkyl halides is 1. The number of piperidine rings is 1. The Morgan fingerprint density at radius 3 is 2.33 bits per heavy atom. The third kappa shape index (κ3) is 2.00. The Kier molecular flexibility index (Phi) is 3.08. The number of likely N-dealkylation sites (tertiary alicyclic amines) is 1. The second-order valence-corrected chi connectivity index (χ2v) is 6.52. The second kappa shape index (κ2) is 4.37. The molecule has 2 heteroatoms. The highest BCUT2D eigenvalue weighted by atomic mass is 79.9. The van der Waals surface area contributed by atoms with E-state index in [1.165, 1.54) is 44.1 Å². The van der Waals surface area contributed by atoms with Gasteiger partial charge in [-0.1, -0.05) is 22.4 Å². The van der Waals surface area contributed by atoms with Crippen molar-refractivity contribution in [3.8, 4) is 0 Å². The van der Waals surface area contributed by atoms with Crippen LogP contribution in [0.25, 0.3) is 0 Å². The van der Waals surface area contributed by atoms with Gasteiger partial charge in [0, 0.05) is 11.4 Å². The fraction of sp³-hybridized carbons (Fsp3) is 1.00. The van der Waals surface area contributed by atoms with Crippen LogP contribution in [0.3, 0.4) is 0 Å². The van der Waals surface area contributed by atoms with E-state index >= 15 is 0 Å². The van der Waals surface area contributed by atoms with Gasteiger partial charge in [0.15, 0.2) is 0 Å². The topological polar surface area (TPSA) is 3.24 Å². The van der Waals surface area contributed by atoms with Crippen LogP contribution in [0.5, 0.6) is 0 Å². The first-order valence-electron chi connectivity index (χ1n) is 6.67. The molecule has 15 heavy (non-hydrogen) atoms. The van der Waals surface area contributed by atoms with E-state index < -0.39 is 0 Å². The summed E-state index contributed by atoms with van der Waals surface area (Å²) in [5.41, 5.74) is 0. The molecule has 1 aliphatic heterocycles. The zero-order valence-corrected chi connectivity index (χ0v) is 11.1. The molecule has 0 radical (unpaired) electrons. The van der Waals surface area contributed by atoms with Crippen LogP contribution in [0.4, 0.5) is 0 Å². The first-order chi connectivity index (χ1) is 7.36. The van der Waals surface area contributed by atoms with Crippen molar-refractivity contribution < 1.29 is 0 Å². The number of hydrogen-bond donors (Lipinski definition) is 0. The van der Waals surface area contributed by atoms with Gasteiger partial charge in [0.1, 0.15) is 0 Å². The maximum atomic E-state index is 3.63. The van der Waals surface area contributed by atoms with Crippen molar-refractivity contribution in [1.82, 2.24) is 4.90 Å². The molecule has 0 N–H and O–H groups in total. The molecule has 2 aliphatic carbocycles. The highest BCUT2D eigenvalue weighted by molar-refractivity contribution is 9.09. The van der Waals surface area contributed by atoms with Crippen LogP contribution in [0, 0.1) is 17.8 Å². The molecule has 3 unspecified atom stereocenters. The Morgan fingerprint density at radius 1 is 1.00 bits per heavy atom. The molecule has 2 saturated carbocycles. The van der Waals surface area contributed by atoms with Crippen LogP contribution < -0.4 is 0 Å². The van der Waals surface area contributed by atoms with Gasteiger partial charge in [-0.25, -0.2) is 0 Å². The SMILES string of the molecule is BrCC1CCN(C2CC3CCC2C3)CC1. The van der Waals surface area contributed by atoms with E-state index in [0.717, 1.165) is 23.8 Å². The second-order valence-electron chi connectivity index (χ2n) is 5.88. The molecule has 0 spiro atoms. The summed E-state index contributed by atoms with van der Waals surface area (Å²) in [5, 5.41) is 1.22. The Balaban J connectivity index is 1.56. The molecule has 3 fully saturated rings. The molecule has 1 saturated heterocycles. The number of hydrogen-bond acceptors (Lipinski definition) is 1. The summed E-state index contributed by atoms with van der Waals surface area (Å²) in [6.45, 7) is 2.76. The number of rotatable bonds is 2. The van der Waals surface area contributed by atoms with E-state index in [2.05, 4.69) is 20.8 Å². The molecule has 0 aromatic carbocycles. The van der Waals surface area contributed by atoms with Crippen molar-refractivity contribution >= 4 is 15.9 Å². The van der Waals surface area contributed by atoms with E-state index in [1.807, 2.05) is 0 Å². The molecule has 0 aromatic heterocycles. The first-order valence-corrected chi connectivity index (χ1v) is 7.79. The van der Waals surface area contributed by atoms with E-state index in [4.69, 9.17) is 0 Å². The van der Waals surface area contributed by atoms with Crippen molar-refractivity contribution in [3.63, 3.8) is 0 Å². The number of halogens is 1. The van der Waals surface area contributed by atoms with Crippen molar-refractivity contribution in [1.29, 1.82) is 0 Å². The molecule has 0 amide bonds. The third-order valence-corrected chi connectivity index (χ3v) is 5.95. The van der Waals surface area contributed by atoms with Gasteiger partial charge in [-0.15, -0.1) is 0 Å². The summed E-state index contributed by atoms with van der Waals surface area (Å²) < 4.78 is 0. The largest absolute Gasteiger partial charge is 0.300 e. The van der Waals surface area contributed by atoms with Crippen LogP contribution in [0.15, 0.2) is 0 Å². The summed E-state index contributed by atoms with van der Waals surface area (Å²) in [4.78, 5) is 2.82. The Labute approximate surface area is 102 Å². The van der Waals surface area contributed by atoms with Gasteiger partial charge in [-0.3, -0.25) is 0 Å². The number of nitrogens with zero attached hydrogens (tertiary/aromatic N) is 1. The van der Waals surface area contributed by atoms with E-state index in [-0.39, 0.29) is 0 Å². The van der Waals surface area contributed by atoms with Crippen LogP contribution in [-0.4, -0.2) is 29.4 Å². The van der Waals surface area contributed by atoms with Crippen LogP contribution in [-0.2, 0) is 0 Å². The quantitative estimate of drug-likeness (QED) is 0.697. The number of fused-ring (bicyclic) bond motifs is 2. The first kappa shape index (κ1) is 10.6. The standard InChI is InChI=1S/C13H22BrN/c14-9-10-3-5-15(6-4-10)13-8-11-1-2-12(13)7-11/h10-13H,1-9H2. The monoisotopic (exact) mass is 271 g/mol. The van der Waals surface area contributed by atoms with Crippen molar-refractivity contribution in [3.05, 3.63) is 0 Å². The Morgan fingerprint density at radius 2 is 1.80 bits per heavy atom. The van der Waals surface area contributed by atoms with Crippen molar-refractivity contribution in [2.75, 3.05) is 18.4 Å². The predicted octanol–water partition coefficient (Wildman–Crippen LogP) is 3.28. The van der Waals surface area contributed by atoms with E-state index in [1.54, 1.807) is 12.8 Å². The Bertz CT molecular complexity index is 223. The summed E-state index contributed by atoms with van der Waals surface area (Å²) in [6.07, 6.45) is 9.03. The van der Waals surface area contributed by atoms with E-state index in [9.17, 15) is 0 Å². The lowest BCUT2D eigenvalue weighted by Crippen LogP contribution is -2.44. The zero-order chi connectivity index (χ0) is 10.3. The predicted molar refractivity (Wildman–Crippen MR) is 67.3 cm³/mol. The molecule has 3 rings (SSSR count). The molecule has 2 bridgehead atoms. The van der Waals surface area contributed by atoms with Gasteiger partial charge in [-0.2, -0.15) is 0 Å². The van der Waals surface area contributed by atoms with Gasteiger partial charge >= 0.3 is 0 Å². The molecule has 3 aliphatic rings. The Hall–Kier alpha value is 0.440. The third-order valence-electron chi connectivity index (χ3n) is 5.04. The van der Waals surface area contributed by atoms with Gasteiger partial charge in [0.05, 0.1) is 0 Å². The molecule has 1 heterocycles. The van der Waals surface area contributed by atoms with Crippen LogP contribution >= 0.6 is 15.9 Å². The highest BCUT2D eigenvalue weighted by Gasteiger charge is 2.42. The minimum absolute atomic E-state index is 0.958. The summed E-state index contributed by atoms with van der Waals surface area (Å²) in [7, 11) is 0. The normalized spacial score (nSPS) is 42.6. The average Bonchev–Trinajstić information content (AvgIpc) is 2.91. The smallest absolute Gasteiger partial charge is 0.0126 e. The highest BCUT2D eigenvalue weighted by Crippen LogP contribution is 2.47. The lowest BCUT2D eigenvalue weighted by atomic mass is 9.90. The molecule has 0 aromatic rings. The van der Waals surface area contributed by atoms with Gasteiger partial charge < -0.3 is 4.90 Å².